The van der Waals surface area contributed by atoms with Crippen LogP contribution in [0.3, 0.4) is 0 Å². The van der Waals surface area contributed by atoms with Crippen LogP contribution in [0, 0.1) is 11.3 Å². The molecular weight excluding hydrogens is 144 g/mol. The Bertz CT molecular complexity index is 174. The Kier molecular flexibility index (Phi) is 3.13. The van der Waals surface area contributed by atoms with Crippen LogP contribution in [0.2, 0.25) is 0 Å². The van der Waals surface area contributed by atoms with Crippen LogP contribution in [0.25, 0.3) is 0 Å². The third-order valence-corrected chi connectivity index (χ3v) is 2.62. The molecule has 0 aromatic carbocycles. The van der Waals surface area contributed by atoms with Crippen molar-refractivity contribution in [3.05, 3.63) is 24.8 Å². The Morgan fingerprint density at radius 1 is 1.58 bits per heavy atom. The van der Waals surface area contributed by atoms with Gasteiger partial charge in [-0.2, -0.15) is 0 Å². The highest BCUT2D eigenvalue weighted by molar-refractivity contribution is 4.98. The van der Waals surface area contributed by atoms with Gasteiger partial charge in [0.1, 0.15) is 0 Å². The molecule has 0 bridgehead atoms. The second-order valence-electron chi connectivity index (χ2n) is 4.63. The van der Waals surface area contributed by atoms with Gasteiger partial charge in [0.25, 0.3) is 0 Å². The SMILES string of the molecule is C=CCC(C)(C)CC1C=CCC1. The number of allylic oxidation sites excluding steroid dienone is 3. The molecule has 1 rings (SSSR count). The molecule has 0 heteroatoms. The van der Waals surface area contributed by atoms with Gasteiger partial charge in [-0.05, 0) is 37.0 Å². The minimum Gasteiger partial charge on any atom is -0.103 e. The molecule has 68 valence electrons. The second kappa shape index (κ2) is 3.93. The van der Waals surface area contributed by atoms with E-state index in [2.05, 4.69) is 32.6 Å². The maximum Gasteiger partial charge on any atom is -0.0225 e. The molecule has 0 aliphatic heterocycles. The van der Waals surface area contributed by atoms with Gasteiger partial charge in [0.15, 0.2) is 0 Å². The lowest BCUT2D eigenvalue weighted by atomic mass is 9.80. The maximum absolute atomic E-state index is 3.80. The van der Waals surface area contributed by atoms with E-state index < -0.39 is 0 Å². The highest BCUT2D eigenvalue weighted by atomic mass is 14.3. The standard InChI is InChI=1S/C12H20/c1-4-9-12(2,3)10-11-7-5-6-8-11/h4-5,7,11H,1,6,8-10H2,2-3H3. The molecular formula is C12H20. The van der Waals surface area contributed by atoms with Crippen molar-refractivity contribution in [2.45, 2.75) is 39.5 Å². The first-order chi connectivity index (χ1) is 5.64. The number of rotatable bonds is 4. The third-order valence-electron chi connectivity index (χ3n) is 2.62. The summed E-state index contributed by atoms with van der Waals surface area (Å²) in [6.45, 7) is 8.47. The van der Waals surface area contributed by atoms with E-state index in [1.54, 1.807) is 0 Å². The first-order valence-corrected chi connectivity index (χ1v) is 4.92. The molecule has 0 aromatic heterocycles. The minimum atomic E-state index is 0.446. The molecule has 1 atom stereocenters. The van der Waals surface area contributed by atoms with Crippen molar-refractivity contribution in [3.63, 3.8) is 0 Å². The van der Waals surface area contributed by atoms with Gasteiger partial charge >= 0.3 is 0 Å². The molecule has 0 heterocycles. The van der Waals surface area contributed by atoms with Crippen LogP contribution in [0.15, 0.2) is 24.8 Å². The monoisotopic (exact) mass is 164 g/mol. The molecule has 0 N–H and O–H groups in total. The fourth-order valence-corrected chi connectivity index (χ4v) is 2.05. The molecule has 12 heavy (non-hydrogen) atoms. The van der Waals surface area contributed by atoms with Gasteiger partial charge < -0.3 is 0 Å². The predicted molar refractivity (Wildman–Crippen MR) is 55.1 cm³/mol. The Morgan fingerprint density at radius 2 is 2.33 bits per heavy atom. The van der Waals surface area contributed by atoms with E-state index in [1.807, 2.05) is 6.08 Å². The molecule has 0 amide bonds. The minimum absolute atomic E-state index is 0.446. The highest BCUT2D eigenvalue weighted by Gasteiger charge is 2.21. The summed E-state index contributed by atoms with van der Waals surface area (Å²) in [5, 5.41) is 0. The van der Waals surface area contributed by atoms with Gasteiger partial charge in [-0.15, -0.1) is 6.58 Å². The van der Waals surface area contributed by atoms with Gasteiger partial charge in [0, 0.05) is 0 Å². The maximum atomic E-state index is 3.80. The van der Waals surface area contributed by atoms with Crippen molar-refractivity contribution >= 4 is 0 Å². The quantitative estimate of drug-likeness (QED) is 0.552. The molecule has 0 nitrogen and oxygen atoms in total. The van der Waals surface area contributed by atoms with E-state index in [4.69, 9.17) is 0 Å². The molecule has 1 aliphatic rings. The van der Waals surface area contributed by atoms with Crippen molar-refractivity contribution in [1.82, 2.24) is 0 Å². The van der Waals surface area contributed by atoms with Crippen LogP contribution in [-0.2, 0) is 0 Å². The summed E-state index contributed by atoms with van der Waals surface area (Å²) in [7, 11) is 0. The fraction of sp³-hybridized carbons (Fsp3) is 0.667. The summed E-state index contributed by atoms with van der Waals surface area (Å²) in [5.41, 5.74) is 0.446. The van der Waals surface area contributed by atoms with Crippen LogP contribution in [0.4, 0.5) is 0 Å². The zero-order valence-electron chi connectivity index (χ0n) is 8.34. The van der Waals surface area contributed by atoms with Crippen molar-refractivity contribution in [2.24, 2.45) is 11.3 Å². The topological polar surface area (TPSA) is 0 Å². The van der Waals surface area contributed by atoms with Crippen molar-refractivity contribution in [3.8, 4) is 0 Å². The van der Waals surface area contributed by atoms with Crippen LogP contribution >= 0.6 is 0 Å². The van der Waals surface area contributed by atoms with Crippen molar-refractivity contribution in [1.29, 1.82) is 0 Å². The first kappa shape index (κ1) is 9.57. The average molecular weight is 164 g/mol. The third kappa shape index (κ3) is 2.84. The molecule has 1 aliphatic carbocycles. The van der Waals surface area contributed by atoms with Crippen LogP contribution < -0.4 is 0 Å². The van der Waals surface area contributed by atoms with Crippen molar-refractivity contribution in [2.75, 3.05) is 0 Å². The molecule has 0 saturated heterocycles. The van der Waals surface area contributed by atoms with Crippen molar-refractivity contribution < 1.29 is 0 Å². The van der Waals surface area contributed by atoms with Gasteiger partial charge in [0.2, 0.25) is 0 Å². The largest absolute Gasteiger partial charge is 0.103 e. The summed E-state index contributed by atoms with van der Waals surface area (Å²) >= 11 is 0. The summed E-state index contributed by atoms with van der Waals surface area (Å²) in [6, 6.07) is 0. The van der Waals surface area contributed by atoms with E-state index >= 15 is 0 Å². The van der Waals surface area contributed by atoms with E-state index in [1.165, 1.54) is 19.3 Å². The normalized spacial score (nSPS) is 23.0. The molecule has 0 aromatic rings. The van der Waals surface area contributed by atoms with Crippen LogP contribution in [0.5, 0.6) is 0 Å². The lowest BCUT2D eigenvalue weighted by Crippen LogP contribution is -2.14. The van der Waals surface area contributed by atoms with E-state index in [9.17, 15) is 0 Å². The van der Waals surface area contributed by atoms with Gasteiger partial charge in [-0.25, -0.2) is 0 Å². The summed E-state index contributed by atoms with van der Waals surface area (Å²) < 4.78 is 0. The van der Waals surface area contributed by atoms with Crippen LogP contribution in [0.1, 0.15) is 39.5 Å². The highest BCUT2D eigenvalue weighted by Crippen LogP contribution is 2.34. The predicted octanol–water partition coefficient (Wildman–Crippen LogP) is 3.95. The number of hydrogen-bond acceptors (Lipinski definition) is 0. The lowest BCUT2D eigenvalue weighted by Gasteiger charge is -2.25. The zero-order valence-corrected chi connectivity index (χ0v) is 8.34. The van der Waals surface area contributed by atoms with E-state index in [-0.39, 0.29) is 0 Å². The first-order valence-electron chi connectivity index (χ1n) is 4.92. The second-order valence-corrected chi connectivity index (χ2v) is 4.63. The summed E-state index contributed by atoms with van der Waals surface area (Å²) in [4.78, 5) is 0. The summed E-state index contributed by atoms with van der Waals surface area (Å²) in [5.74, 6) is 0.833. The molecule has 0 spiro atoms. The Hall–Kier alpha value is -0.520. The van der Waals surface area contributed by atoms with Gasteiger partial charge in [-0.3, -0.25) is 0 Å². The molecule has 0 radical (unpaired) electrons. The van der Waals surface area contributed by atoms with E-state index in [0.29, 0.717) is 5.41 Å². The Balaban J connectivity index is 2.37. The fourth-order valence-electron chi connectivity index (χ4n) is 2.05. The zero-order chi connectivity index (χ0) is 9.03. The molecule has 0 saturated carbocycles. The van der Waals surface area contributed by atoms with Crippen LogP contribution in [-0.4, -0.2) is 0 Å². The van der Waals surface area contributed by atoms with Gasteiger partial charge in [0.05, 0.1) is 0 Å². The summed E-state index contributed by atoms with van der Waals surface area (Å²) in [6.07, 6.45) is 11.8. The molecule has 1 unspecified atom stereocenters. The van der Waals surface area contributed by atoms with E-state index in [0.717, 1.165) is 12.3 Å². The lowest BCUT2D eigenvalue weighted by molar-refractivity contribution is 0.294. The average Bonchev–Trinajstić information content (AvgIpc) is 2.38. The Labute approximate surface area is 76.4 Å². The van der Waals surface area contributed by atoms with Gasteiger partial charge in [-0.1, -0.05) is 32.1 Å². The smallest absolute Gasteiger partial charge is 0.0225 e. The Morgan fingerprint density at radius 3 is 2.83 bits per heavy atom. The molecule has 0 fully saturated rings. The number of hydrogen-bond donors (Lipinski definition) is 0.